The van der Waals surface area contributed by atoms with Gasteiger partial charge in [-0.2, -0.15) is 0 Å². The largest absolute Gasteiger partial charge is 0.378 e. The topological polar surface area (TPSA) is 18.5 Å². The highest BCUT2D eigenvalue weighted by molar-refractivity contribution is 4.67. The van der Waals surface area contributed by atoms with Gasteiger partial charge in [0.05, 0.1) is 11.7 Å². The van der Waals surface area contributed by atoms with E-state index in [-0.39, 0.29) is 11.7 Å². The summed E-state index contributed by atoms with van der Waals surface area (Å²) in [6.07, 6.45) is 4.71. The third kappa shape index (κ3) is 12.2. The van der Waals surface area contributed by atoms with Crippen molar-refractivity contribution in [3.05, 3.63) is 6.92 Å². The fraction of sp³-hybridized carbons (Fsp3) is 0.933. The highest BCUT2D eigenvalue weighted by Gasteiger charge is 2.14. The average molecular weight is 243 g/mol. The van der Waals surface area contributed by atoms with Gasteiger partial charge in [0.1, 0.15) is 0 Å². The van der Waals surface area contributed by atoms with Gasteiger partial charge in [-0.05, 0) is 46.5 Å². The van der Waals surface area contributed by atoms with E-state index >= 15 is 0 Å². The van der Waals surface area contributed by atoms with Gasteiger partial charge in [-0.3, -0.25) is 0 Å². The number of hydrogen-bond acceptors (Lipinski definition) is 2. The molecule has 0 rings (SSSR count). The molecule has 0 spiro atoms. The molecule has 103 valence electrons. The van der Waals surface area contributed by atoms with Crippen molar-refractivity contribution in [2.45, 2.75) is 72.0 Å². The molecular formula is C15H31O2. The van der Waals surface area contributed by atoms with Crippen molar-refractivity contribution in [1.82, 2.24) is 0 Å². The van der Waals surface area contributed by atoms with Crippen molar-refractivity contribution in [1.29, 1.82) is 0 Å². The van der Waals surface area contributed by atoms with Crippen molar-refractivity contribution >= 4 is 0 Å². The van der Waals surface area contributed by atoms with Gasteiger partial charge in [0, 0.05) is 13.2 Å². The Labute approximate surface area is 108 Å². The first kappa shape index (κ1) is 16.9. The number of unbranched alkanes of at least 4 members (excludes halogenated alkanes) is 2. The monoisotopic (exact) mass is 243 g/mol. The van der Waals surface area contributed by atoms with Crippen LogP contribution in [0.25, 0.3) is 0 Å². The number of ether oxygens (including phenoxy) is 2. The molecule has 2 heteroatoms. The van der Waals surface area contributed by atoms with Gasteiger partial charge >= 0.3 is 0 Å². The van der Waals surface area contributed by atoms with E-state index in [0.29, 0.717) is 5.92 Å². The summed E-state index contributed by atoms with van der Waals surface area (Å²) in [7, 11) is 0. The molecule has 0 aromatic heterocycles. The molecule has 0 aromatic carbocycles. The lowest BCUT2D eigenvalue weighted by Crippen LogP contribution is -2.24. The normalized spacial score (nSPS) is 15.9. The molecule has 0 aliphatic carbocycles. The molecule has 0 bridgehead atoms. The summed E-state index contributed by atoms with van der Waals surface area (Å²) in [5, 5.41) is 0. The van der Waals surface area contributed by atoms with Crippen molar-refractivity contribution in [3.8, 4) is 0 Å². The molecule has 2 nitrogen and oxygen atoms in total. The molecule has 2 unspecified atom stereocenters. The van der Waals surface area contributed by atoms with Crippen LogP contribution in [0.1, 0.15) is 60.3 Å². The predicted octanol–water partition coefficient (Wildman–Crippen LogP) is 4.24. The summed E-state index contributed by atoms with van der Waals surface area (Å²) in [5.74, 6) is 0.503. The van der Waals surface area contributed by atoms with Crippen LogP contribution in [-0.2, 0) is 9.47 Å². The maximum Gasteiger partial charge on any atom is 0.0598 e. The van der Waals surface area contributed by atoms with E-state index in [0.717, 1.165) is 26.1 Å². The third-order valence-electron chi connectivity index (χ3n) is 2.57. The third-order valence-corrected chi connectivity index (χ3v) is 2.57. The molecule has 0 saturated carbocycles. The van der Waals surface area contributed by atoms with Crippen LogP contribution in [0.5, 0.6) is 0 Å². The fourth-order valence-electron chi connectivity index (χ4n) is 1.58. The first-order chi connectivity index (χ1) is 7.85. The second-order valence-corrected chi connectivity index (χ2v) is 5.96. The smallest absolute Gasteiger partial charge is 0.0598 e. The highest BCUT2D eigenvalue weighted by atomic mass is 16.5. The van der Waals surface area contributed by atoms with Crippen LogP contribution in [0.3, 0.4) is 0 Å². The molecule has 1 radical (unpaired) electrons. The summed E-state index contributed by atoms with van der Waals surface area (Å²) in [6.45, 7) is 16.3. The Morgan fingerprint density at radius 3 is 2.35 bits per heavy atom. The first-order valence-electron chi connectivity index (χ1n) is 6.93. The van der Waals surface area contributed by atoms with Crippen molar-refractivity contribution < 1.29 is 9.47 Å². The quantitative estimate of drug-likeness (QED) is 0.564. The maximum absolute atomic E-state index is 5.75. The van der Waals surface area contributed by atoms with E-state index in [1.54, 1.807) is 0 Å². The van der Waals surface area contributed by atoms with Crippen LogP contribution in [0.15, 0.2) is 0 Å². The van der Waals surface area contributed by atoms with Gasteiger partial charge in [-0.1, -0.05) is 26.7 Å². The molecule has 0 aliphatic rings. The zero-order valence-corrected chi connectivity index (χ0v) is 12.4. The zero-order chi connectivity index (χ0) is 13.3. The summed E-state index contributed by atoms with van der Waals surface area (Å²) in [4.78, 5) is 0. The predicted molar refractivity (Wildman–Crippen MR) is 74.1 cm³/mol. The average Bonchev–Trinajstić information content (AvgIpc) is 2.21. The summed E-state index contributed by atoms with van der Waals surface area (Å²) in [5.41, 5.74) is -0.0487. The summed E-state index contributed by atoms with van der Waals surface area (Å²) in [6, 6.07) is 0. The van der Waals surface area contributed by atoms with Crippen molar-refractivity contribution in [2.24, 2.45) is 5.92 Å². The molecule has 0 fully saturated rings. The van der Waals surface area contributed by atoms with E-state index in [4.69, 9.17) is 9.47 Å². The molecule has 0 aromatic rings. The second-order valence-electron chi connectivity index (χ2n) is 5.96. The first-order valence-corrected chi connectivity index (χ1v) is 6.93. The Morgan fingerprint density at radius 1 is 1.18 bits per heavy atom. The molecule has 0 N–H and O–H groups in total. The van der Waals surface area contributed by atoms with Crippen LogP contribution in [0.2, 0.25) is 0 Å². The Morgan fingerprint density at radius 2 is 1.82 bits per heavy atom. The maximum atomic E-state index is 5.75. The fourth-order valence-corrected chi connectivity index (χ4v) is 1.58. The zero-order valence-electron chi connectivity index (χ0n) is 12.4. The van der Waals surface area contributed by atoms with Gasteiger partial charge < -0.3 is 9.47 Å². The molecule has 0 aliphatic heterocycles. The molecule has 0 amide bonds. The van der Waals surface area contributed by atoms with E-state index in [2.05, 4.69) is 41.5 Å². The molecule has 0 saturated heterocycles. The van der Waals surface area contributed by atoms with Gasteiger partial charge in [-0.15, -0.1) is 0 Å². The lowest BCUT2D eigenvalue weighted by atomic mass is 10.1. The Kier molecular flexibility index (Phi) is 8.89. The van der Waals surface area contributed by atoms with Crippen LogP contribution in [0, 0.1) is 12.8 Å². The lowest BCUT2D eigenvalue weighted by Gasteiger charge is -2.24. The summed E-state index contributed by atoms with van der Waals surface area (Å²) < 4.78 is 11.4. The highest BCUT2D eigenvalue weighted by Crippen LogP contribution is 2.14. The molecule has 0 heterocycles. The van der Waals surface area contributed by atoms with Crippen LogP contribution < -0.4 is 0 Å². The van der Waals surface area contributed by atoms with E-state index in [1.165, 1.54) is 12.8 Å². The van der Waals surface area contributed by atoms with Crippen LogP contribution >= 0.6 is 0 Å². The van der Waals surface area contributed by atoms with Crippen molar-refractivity contribution in [2.75, 3.05) is 13.2 Å². The summed E-state index contributed by atoms with van der Waals surface area (Å²) >= 11 is 0. The van der Waals surface area contributed by atoms with Gasteiger partial charge in [0.25, 0.3) is 0 Å². The second kappa shape index (κ2) is 8.93. The molecule has 2 atom stereocenters. The minimum atomic E-state index is -0.0487. The van der Waals surface area contributed by atoms with E-state index in [1.807, 2.05) is 0 Å². The van der Waals surface area contributed by atoms with Gasteiger partial charge in [0.15, 0.2) is 0 Å². The Bertz CT molecular complexity index is 172. The van der Waals surface area contributed by atoms with Gasteiger partial charge in [-0.25, -0.2) is 0 Å². The van der Waals surface area contributed by atoms with Crippen LogP contribution in [0.4, 0.5) is 0 Å². The number of hydrogen-bond donors (Lipinski definition) is 0. The molecular weight excluding hydrogens is 212 g/mol. The van der Waals surface area contributed by atoms with Gasteiger partial charge in [0.2, 0.25) is 0 Å². The SMILES string of the molecule is [CH2]C(CC(C)COC(C)(C)C)OCCCCC. The molecule has 17 heavy (non-hydrogen) atoms. The minimum Gasteiger partial charge on any atom is -0.378 e. The standard InChI is InChI=1S/C15H31O2/c1-7-8-9-10-16-14(3)11-13(2)12-17-15(4,5)6/h13-14H,3,7-12H2,1-2,4-6H3. The van der Waals surface area contributed by atoms with Crippen molar-refractivity contribution in [3.63, 3.8) is 0 Å². The Hall–Kier alpha value is -0.0800. The number of rotatable bonds is 9. The lowest BCUT2D eigenvalue weighted by molar-refractivity contribution is -0.0297. The van der Waals surface area contributed by atoms with E-state index < -0.39 is 0 Å². The minimum absolute atomic E-state index is 0.0487. The Balaban J connectivity index is 3.55. The van der Waals surface area contributed by atoms with Crippen LogP contribution in [-0.4, -0.2) is 24.9 Å². The van der Waals surface area contributed by atoms with E-state index in [9.17, 15) is 0 Å².